The van der Waals surface area contributed by atoms with E-state index in [1.54, 1.807) is 30.1 Å². The first kappa shape index (κ1) is 14.0. The molecule has 104 valence electrons. The van der Waals surface area contributed by atoms with E-state index in [1.807, 2.05) is 0 Å². The molecule has 1 aromatic rings. The van der Waals surface area contributed by atoms with Crippen molar-refractivity contribution in [2.45, 2.75) is 32.4 Å². The molecule has 1 fully saturated rings. The second-order valence-electron chi connectivity index (χ2n) is 5.34. The van der Waals surface area contributed by atoms with E-state index in [9.17, 15) is 9.18 Å². The van der Waals surface area contributed by atoms with Crippen LogP contribution in [0.15, 0.2) is 24.3 Å². The van der Waals surface area contributed by atoms with E-state index >= 15 is 0 Å². The zero-order chi connectivity index (χ0) is 13.8. The Labute approximate surface area is 113 Å². The van der Waals surface area contributed by atoms with Crippen LogP contribution in [-0.2, 0) is 11.3 Å². The van der Waals surface area contributed by atoms with E-state index < -0.39 is 0 Å². The molecule has 19 heavy (non-hydrogen) atoms. The van der Waals surface area contributed by atoms with Crippen molar-refractivity contribution in [2.75, 3.05) is 13.6 Å². The average Bonchev–Trinajstić information content (AvgIpc) is 2.41. The minimum atomic E-state index is -0.258. The SMILES string of the molecule is CC1CCCNC1C(=O)N(C)Cc1ccccc1F. The number of benzene rings is 1. The van der Waals surface area contributed by atoms with Crippen molar-refractivity contribution in [3.05, 3.63) is 35.6 Å². The Balaban J connectivity index is 2.01. The third kappa shape index (κ3) is 3.32. The van der Waals surface area contributed by atoms with Gasteiger partial charge in [0.15, 0.2) is 0 Å². The Bertz CT molecular complexity index is 450. The molecule has 0 bridgehead atoms. The van der Waals surface area contributed by atoms with Gasteiger partial charge in [0.2, 0.25) is 5.91 Å². The molecule has 1 aliphatic heterocycles. The zero-order valence-corrected chi connectivity index (χ0v) is 11.5. The summed E-state index contributed by atoms with van der Waals surface area (Å²) in [4.78, 5) is 14.0. The predicted molar refractivity (Wildman–Crippen MR) is 73.1 cm³/mol. The lowest BCUT2D eigenvalue weighted by Gasteiger charge is -2.32. The van der Waals surface area contributed by atoms with Gasteiger partial charge in [0.05, 0.1) is 6.04 Å². The minimum absolute atomic E-state index is 0.0513. The molecule has 1 aliphatic rings. The molecule has 2 rings (SSSR count). The Morgan fingerprint density at radius 1 is 1.47 bits per heavy atom. The van der Waals surface area contributed by atoms with Crippen LogP contribution in [-0.4, -0.2) is 30.4 Å². The summed E-state index contributed by atoms with van der Waals surface area (Å²) in [5.41, 5.74) is 0.557. The molecule has 0 spiro atoms. The lowest BCUT2D eigenvalue weighted by atomic mass is 9.92. The molecule has 0 radical (unpaired) electrons. The highest BCUT2D eigenvalue weighted by atomic mass is 19.1. The van der Waals surface area contributed by atoms with Crippen molar-refractivity contribution < 1.29 is 9.18 Å². The van der Waals surface area contributed by atoms with Crippen LogP contribution in [0, 0.1) is 11.7 Å². The number of piperidine rings is 1. The van der Waals surface area contributed by atoms with Gasteiger partial charge in [-0.2, -0.15) is 0 Å². The predicted octanol–water partition coefficient (Wildman–Crippen LogP) is 2.17. The van der Waals surface area contributed by atoms with Gasteiger partial charge < -0.3 is 10.2 Å². The number of likely N-dealkylation sites (N-methyl/N-ethyl adjacent to an activating group) is 1. The molecule has 0 aromatic heterocycles. The van der Waals surface area contributed by atoms with Crippen molar-refractivity contribution in [3.63, 3.8) is 0 Å². The van der Waals surface area contributed by atoms with E-state index in [0.29, 0.717) is 18.0 Å². The van der Waals surface area contributed by atoms with Gasteiger partial charge in [-0.05, 0) is 31.4 Å². The normalized spacial score (nSPS) is 23.1. The second-order valence-corrected chi connectivity index (χ2v) is 5.34. The van der Waals surface area contributed by atoms with Gasteiger partial charge in [-0.25, -0.2) is 4.39 Å². The van der Waals surface area contributed by atoms with Crippen LogP contribution < -0.4 is 5.32 Å². The molecule has 1 aromatic carbocycles. The number of hydrogen-bond donors (Lipinski definition) is 1. The zero-order valence-electron chi connectivity index (χ0n) is 11.5. The first-order chi connectivity index (χ1) is 9.09. The molecule has 3 nitrogen and oxygen atoms in total. The molecule has 1 amide bonds. The number of amides is 1. The number of halogens is 1. The lowest BCUT2D eigenvalue weighted by molar-refractivity contribution is -0.134. The Morgan fingerprint density at radius 3 is 2.89 bits per heavy atom. The van der Waals surface area contributed by atoms with Crippen LogP contribution in [0.4, 0.5) is 4.39 Å². The fourth-order valence-electron chi connectivity index (χ4n) is 2.58. The highest BCUT2D eigenvalue weighted by Gasteiger charge is 2.29. The summed E-state index contributed by atoms with van der Waals surface area (Å²) in [6, 6.07) is 6.46. The maximum absolute atomic E-state index is 13.6. The number of carbonyl (C=O) groups excluding carboxylic acids is 1. The first-order valence-corrected chi connectivity index (χ1v) is 6.81. The average molecular weight is 264 g/mol. The standard InChI is InChI=1S/C15H21FN2O/c1-11-6-5-9-17-14(11)15(19)18(2)10-12-7-3-4-8-13(12)16/h3-4,7-8,11,14,17H,5-6,9-10H2,1-2H3. The topological polar surface area (TPSA) is 32.3 Å². The Morgan fingerprint density at radius 2 is 2.21 bits per heavy atom. The highest BCUT2D eigenvalue weighted by molar-refractivity contribution is 5.82. The minimum Gasteiger partial charge on any atom is -0.340 e. The van der Waals surface area contributed by atoms with Crippen molar-refractivity contribution in [1.29, 1.82) is 0 Å². The van der Waals surface area contributed by atoms with Gasteiger partial charge in [-0.3, -0.25) is 4.79 Å². The van der Waals surface area contributed by atoms with Crippen LogP contribution in [0.25, 0.3) is 0 Å². The van der Waals surface area contributed by atoms with Crippen molar-refractivity contribution in [1.82, 2.24) is 10.2 Å². The molecule has 2 atom stereocenters. The number of carbonyl (C=O) groups is 1. The summed E-state index contributed by atoms with van der Waals surface area (Å²) in [6.45, 7) is 3.29. The van der Waals surface area contributed by atoms with Gasteiger partial charge in [0.1, 0.15) is 5.82 Å². The lowest BCUT2D eigenvalue weighted by Crippen LogP contribution is -2.51. The van der Waals surface area contributed by atoms with Crippen LogP contribution in [0.2, 0.25) is 0 Å². The first-order valence-electron chi connectivity index (χ1n) is 6.81. The number of rotatable bonds is 3. The second kappa shape index (κ2) is 6.15. The van der Waals surface area contributed by atoms with E-state index in [0.717, 1.165) is 19.4 Å². The highest BCUT2D eigenvalue weighted by Crippen LogP contribution is 2.18. The monoisotopic (exact) mass is 264 g/mol. The van der Waals surface area contributed by atoms with E-state index in [2.05, 4.69) is 12.2 Å². The summed E-state index contributed by atoms with van der Waals surface area (Å²) in [5.74, 6) is 0.131. The van der Waals surface area contributed by atoms with Crippen molar-refractivity contribution >= 4 is 5.91 Å². The smallest absolute Gasteiger partial charge is 0.240 e. The van der Waals surface area contributed by atoms with Gasteiger partial charge in [0.25, 0.3) is 0 Å². The molecule has 0 saturated carbocycles. The molecule has 1 saturated heterocycles. The molecule has 1 N–H and O–H groups in total. The molecular formula is C15H21FN2O. The Hall–Kier alpha value is -1.42. The van der Waals surface area contributed by atoms with Crippen molar-refractivity contribution in [2.24, 2.45) is 5.92 Å². The van der Waals surface area contributed by atoms with E-state index in [1.165, 1.54) is 6.07 Å². The third-order valence-corrected chi connectivity index (χ3v) is 3.78. The molecule has 0 aliphatic carbocycles. The van der Waals surface area contributed by atoms with E-state index in [-0.39, 0.29) is 17.8 Å². The molecule has 1 heterocycles. The quantitative estimate of drug-likeness (QED) is 0.907. The molecule has 2 unspecified atom stereocenters. The van der Waals surface area contributed by atoms with Crippen LogP contribution in [0.1, 0.15) is 25.3 Å². The van der Waals surface area contributed by atoms with Gasteiger partial charge in [-0.1, -0.05) is 25.1 Å². The molecule has 4 heteroatoms. The number of nitrogens with zero attached hydrogens (tertiary/aromatic N) is 1. The van der Waals surface area contributed by atoms with Crippen molar-refractivity contribution in [3.8, 4) is 0 Å². The summed E-state index contributed by atoms with van der Waals surface area (Å²) in [7, 11) is 1.73. The largest absolute Gasteiger partial charge is 0.340 e. The summed E-state index contributed by atoms with van der Waals surface area (Å²) < 4.78 is 13.6. The van der Waals surface area contributed by atoms with E-state index in [4.69, 9.17) is 0 Å². The van der Waals surface area contributed by atoms with Gasteiger partial charge in [-0.15, -0.1) is 0 Å². The number of hydrogen-bond acceptors (Lipinski definition) is 2. The maximum Gasteiger partial charge on any atom is 0.240 e. The fraction of sp³-hybridized carbons (Fsp3) is 0.533. The van der Waals surface area contributed by atoms with Crippen LogP contribution in [0.3, 0.4) is 0 Å². The van der Waals surface area contributed by atoms with Crippen LogP contribution in [0.5, 0.6) is 0 Å². The van der Waals surface area contributed by atoms with Crippen LogP contribution >= 0.6 is 0 Å². The number of nitrogens with one attached hydrogen (secondary N) is 1. The summed E-state index contributed by atoms with van der Waals surface area (Å²) >= 11 is 0. The maximum atomic E-state index is 13.6. The fourth-order valence-corrected chi connectivity index (χ4v) is 2.58. The van der Waals surface area contributed by atoms with Gasteiger partial charge >= 0.3 is 0 Å². The molecular weight excluding hydrogens is 243 g/mol. The summed E-state index contributed by atoms with van der Waals surface area (Å²) in [6.07, 6.45) is 2.18. The summed E-state index contributed by atoms with van der Waals surface area (Å²) in [5, 5.41) is 3.26. The Kier molecular flexibility index (Phi) is 4.53. The van der Waals surface area contributed by atoms with Gasteiger partial charge in [0, 0.05) is 19.2 Å². The third-order valence-electron chi connectivity index (χ3n) is 3.78.